The van der Waals surface area contributed by atoms with Crippen molar-refractivity contribution in [1.82, 2.24) is 0 Å². The molecule has 1 amide bonds. The number of benzene rings is 1. The highest BCUT2D eigenvalue weighted by molar-refractivity contribution is 8.00. The van der Waals surface area contributed by atoms with Crippen molar-refractivity contribution in [2.24, 2.45) is 0 Å². The van der Waals surface area contributed by atoms with Gasteiger partial charge in [0.2, 0.25) is 0 Å². The van der Waals surface area contributed by atoms with Gasteiger partial charge in [0.1, 0.15) is 0 Å². The van der Waals surface area contributed by atoms with E-state index in [1.165, 1.54) is 18.3 Å². The van der Waals surface area contributed by atoms with Gasteiger partial charge in [0, 0.05) is 11.3 Å². The standard InChI is InChI=1S/C14H13Cl2NO2S2/c1-14(19,8-5-12(20-2)21-7-8)13(18)17-9-3-4-10(15)11(16)6-9/h3-7,19H,1-2H3,(H,17,18). The Balaban J connectivity index is 2.19. The molecule has 0 fully saturated rings. The molecule has 112 valence electrons. The second-order valence-electron chi connectivity index (χ2n) is 4.51. The van der Waals surface area contributed by atoms with Gasteiger partial charge in [-0.25, -0.2) is 0 Å². The smallest absolute Gasteiger partial charge is 0.260 e. The first-order chi connectivity index (χ1) is 9.84. The molecule has 1 unspecified atom stereocenters. The number of carbonyl (C=O) groups is 1. The van der Waals surface area contributed by atoms with Crippen molar-refractivity contribution < 1.29 is 9.90 Å². The lowest BCUT2D eigenvalue weighted by Crippen LogP contribution is -2.37. The molecule has 2 aromatic rings. The molecular weight excluding hydrogens is 349 g/mol. The number of carbonyl (C=O) groups excluding carboxylic acids is 1. The first-order valence-electron chi connectivity index (χ1n) is 5.96. The number of rotatable bonds is 4. The zero-order valence-electron chi connectivity index (χ0n) is 11.3. The molecule has 21 heavy (non-hydrogen) atoms. The average Bonchev–Trinajstić information content (AvgIpc) is 2.92. The van der Waals surface area contributed by atoms with Gasteiger partial charge >= 0.3 is 0 Å². The summed E-state index contributed by atoms with van der Waals surface area (Å²) in [6.07, 6.45) is 1.94. The number of aliphatic hydroxyl groups is 1. The van der Waals surface area contributed by atoms with Crippen LogP contribution in [0.25, 0.3) is 0 Å². The number of amides is 1. The molecule has 7 heteroatoms. The highest BCUT2D eigenvalue weighted by atomic mass is 35.5. The first kappa shape index (κ1) is 16.6. The van der Waals surface area contributed by atoms with Crippen LogP contribution in [0.15, 0.2) is 33.9 Å². The van der Waals surface area contributed by atoms with E-state index in [1.54, 1.807) is 35.3 Å². The van der Waals surface area contributed by atoms with Gasteiger partial charge in [-0.1, -0.05) is 23.2 Å². The largest absolute Gasteiger partial charge is 0.375 e. The second kappa shape index (κ2) is 6.58. The van der Waals surface area contributed by atoms with E-state index < -0.39 is 11.5 Å². The fourth-order valence-corrected chi connectivity index (χ4v) is 3.44. The number of thioether (sulfide) groups is 1. The summed E-state index contributed by atoms with van der Waals surface area (Å²) < 4.78 is 1.03. The Morgan fingerprint density at radius 2 is 2.05 bits per heavy atom. The van der Waals surface area contributed by atoms with Crippen molar-refractivity contribution in [1.29, 1.82) is 0 Å². The van der Waals surface area contributed by atoms with Gasteiger partial charge in [-0.05, 0) is 42.8 Å². The molecule has 1 aromatic carbocycles. The summed E-state index contributed by atoms with van der Waals surface area (Å²) in [5.41, 5.74) is -0.569. The zero-order chi connectivity index (χ0) is 15.6. The maximum absolute atomic E-state index is 12.3. The molecule has 0 bridgehead atoms. The maximum Gasteiger partial charge on any atom is 0.260 e. The number of anilines is 1. The zero-order valence-corrected chi connectivity index (χ0v) is 14.5. The molecule has 0 aliphatic rings. The molecule has 0 saturated carbocycles. The molecule has 0 saturated heterocycles. The number of hydrogen-bond acceptors (Lipinski definition) is 4. The van der Waals surface area contributed by atoms with Gasteiger partial charge in [-0.3, -0.25) is 4.79 Å². The van der Waals surface area contributed by atoms with E-state index in [0.717, 1.165) is 4.21 Å². The highest BCUT2D eigenvalue weighted by Gasteiger charge is 2.33. The topological polar surface area (TPSA) is 49.3 Å². The van der Waals surface area contributed by atoms with E-state index in [4.69, 9.17) is 23.2 Å². The molecule has 0 aliphatic carbocycles. The molecule has 1 heterocycles. The Morgan fingerprint density at radius 3 is 2.62 bits per heavy atom. The molecule has 1 aromatic heterocycles. The normalized spacial score (nSPS) is 13.8. The third-order valence-electron chi connectivity index (χ3n) is 2.96. The van der Waals surface area contributed by atoms with Crippen LogP contribution >= 0.6 is 46.3 Å². The van der Waals surface area contributed by atoms with Gasteiger partial charge in [0.15, 0.2) is 5.60 Å². The minimum absolute atomic E-state index is 0.342. The van der Waals surface area contributed by atoms with Crippen LogP contribution in [0.4, 0.5) is 5.69 Å². The highest BCUT2D eigenvalue weighted by Crippen LogP contribution is 2.32. The summed E-state index contributed by atoms with van der Waals surface area (Å²) in [7, 11) is 0. The molecule has 2 rings (SSSR count). The van der Waals surface area contributed by atoms with E-state index >= 15 is 0 Å². The van der Waals surface area contributed by atoms with Crippen molar-refractivity contribution in [3.63, 3.8) is 0 Å². The Morgan fingerprint density at radius 1 is 1.33 bits per heavy atom. The monoisotopic (exact) mass is 361 g/mol. The summed E-state index contributed by atoms with van der Waals surface area (Å²) in [6.45, 7) is 1.46. The fourth-order valence-electron chi connectivity index (χ4n) is 1.64. The third kappa shape index (κ3) is 3.73. The van der Waals surface area contributed by atoms with Gasteiger partial charge < -0.3 is 10.4 Å². The van der Waals surface area contributed by atoms with Crippen LogP contribution in [0.1, 0.15) is 12.5 Å². The Bertz CT molecular complexity index is 671. The number of hydrogen-bond donors (Lipinski definition) is 2. The minimum Gasteiger partial charge on any atom is -0.375 e. The second-order valence-corrected chi connectivity index (χ2v) is 7.35. The van der Waals surface area contributed by atoms with E-state index in [1.807, 2.05) is 12.3 Å². The van der Waals surface area contributed by atoms with Gasteiger partial charge in [-0.15, -0.1) is 23.1 Å². The Hall–Kier alpha value is -0.720. The number of thiophene rings is 1. The maximum atomic E-state index is 12.3. The lowest BCUT2D eigenvalue weighted by molar-refractivity contribution is -0.133. The number of nitrogens with one attached hydrogen (secondary N) is 1. The molecule has 0 radical (unpaired) electrons. The van der Waals surface area contributed by atoms with Crippen molar-refractivity contribution in [3.8, 4) is 0 Å². The van der Waals surface area contributed by atoms with Crippen LogP contribution in [0.5, 0.6) is 0 Å². The summed E-state index contributed by atoms with van der Waals surface area (Å²) in [5.74, 6) is -0.522. The van der Waals surface area contributed by atoms with Crippen molar-refractivity contribution >= 4 is 57.9 Å². The quantitative estimate of drug-likeness (QED) is 0.780. The van der Waals surface area contributed by atoms with Crippen LogP contribution in [0.2, 0.25) is 10.0 Å². The Labute approximate surface area is 141 Å². The molecule has 0 aliphatic heterocycles. The average molecular weight is 362 g/mol. The lowest BCUT2D eigenvalue weighted by atomic mass is 9.98. The summed E-state index contributed by atoms with van der Waals surface area (Å²) in [6, 6.07) is 6.57. The van der Waals surface area contributed by atoms with Crippen LogP contribution in [0, 0.1) is 0 Å². The SMILES string of the molecule is CSc1cc(C(C)(O)C(=O)Nc2ccc(Cl)c(Cl)c2)cs1. The van der Waals surface area contributed by atoms with Crippen LogP contribution in [-0.2, 0) is 10.4 Å². The lowest BCUT2D eigenvalue weighted by Gasteiger charge is -2.21. The molecular formula is C14H13Cl2NO2S2. The summed E-state index contributed by atoms with van der Waals surface area (Å²) >= 11 is 14.8. The van der Waals surface area contributed by atoms with Crippen LogP contribution in [-0.4, -0.2) is 17.3 Å². The summed E-state index contributed by atoms with van der Waals surface area (Å²) in [4.78, 5) is 12.3. The minimum atomic E-state index is -1.61. The fraction of sp³-hybridized carbons (Fsp3) is 0.214. The molecule has 0 spiro atoms. The van der Waals surface area contributed by atoms with Crippen LogP contribution < -0.4 is 5.32 Å². The van der Waals surface area contributed by atoms with Gasteiger partial charge in [0.25, 0.3) is 5.91 Å². The predicted molar refractivity (Wildman–Crippen MR) is 90.8 cm³/mol. The molecule has 2 N–H and O–H groups in total. The van der Waals surface area contributed by atoms with Crippen molar-refractivity contribution in [2.45, 2.75) is 16.7 Å². The van der Waals surface area contributed by atoms with E-state index in [-0.39, 0.29) is 0 Å². The third-order valence-corrected chi connectivity index (χ3v) is 5.73. The molecule has 3 nitrogen and oxygen atoms in total. The van der Waals surface area contributed by atoms with E-state index in [9.17, 15) is 9.90 Å². The van der Waals surface area contributed by atoms with Gasteiger partial charge in [-0.2, -0.15) is 0 Å². The van der Waals surface area contributed by atoms with Gasteiger partial charge in [0.05, 0.1) is 14.3 Å². The summed E-state index contributed by atoms with van der Waals surface area (Å²) in [5, 5.41) is 15.6. The first-order valence-corrected chi connectivity index (χ1v) is 8.82. The number of halogens is 2. The van der Waals surface area contributed by atoms with Crippen molar-refractivity contribution in [3.05, 3.63) is 45.3 Å². The predicted octanol–water partition coefficient (Wildman–Crippen LogP) is 4.62. The van der Waals surface area contributed by atoms with Crippen LogP contribution in [0.3, 0.4) is 0 Å². The van der Waals surface area contributed by atoms with E-state index in [2.05, 4.69) is 5.32 Å². The Kier molecular flexibility index (Phi) is 5.22. The molecule has 1 atom stereocenters. The van der Waals surface area contributed by atoms with E-state index in [0.29, 0.717) is 21.3 Å². The van der Waals surface area contributed by atoms with Crippen molar-refractivity contribution in [2.75, 3.05) is 11.6 Å².